The molecule has 14 heteroatoms. The highest BCUT2D eigenvalue weighted by atomic mass is 19.4. The van der Waals surface area contributed by atoms with Gasteiger partial charge in [0.05, 0.1) is 5.41 Å². The quantitative estimate of drug-likeness (QED) is 0.337. The highest BCUT2D eigenvalue weighted by Crippen LogP contribution is 2.54. The first-order valence-corrected chi connectivity index (χ1v) is 6.88. The second-order valence-electron chi connectivity index (χ2n) is 6.17. The summed E-state index contributed by atoms with van der Waals surface area (Å²) in [6, 6.07) is 0. The van der Waals surface area contributed by atoms with Gasteiger partial charge < -0.3 is 9.47 Å². The van der Waals surface area contributed by atoms with Gasteiger partial charge in [-0.3, -0.25) is 4.79 Å². The summed E-state index contributed by atoms with van der Waals surface area (Å²) in [7, 11) is 0. The molecule has 0 aliphatic carbocycles. The highest BCUT2D eigenvalue weighted by molar-refractivity contribution is 5.79. The van der Waals surface area contributed by atoms with Gasteiger partial charge in [0, 0.05) is 0 Å². The van der Waals surface area contributed by atoms with Crippen molar-refractivity contribution >= 4 is 11.9 Å². The molecule has 0 unspecified atom stereocenters. The van der Waals surface area contributed by atoms with Crippen LogP contribution in [0.2, 0.25) is 0 Å². The minimum Gasteiger partial charge on any atom is -0.462 e. The van der Waals surface area contributed by atoms with Crippen LogP contribution in [0.4, 0.5) is 43.9 Å². The van der Waals surface area contributed by atoms with Crippen molar-refractivity contribution in [3.05, 3.63) is 0 Å². The molecule has 0 radical (unpaired) electrons. The minimum absolute atomic E-state index is 0.932. The van der Waals surface area contributed by atoms with Gasteiger partial charge in [-0.05, 0) is 20.8 Å². The summed E-state index contributed by atoms with van der Waals surface area (Å²) in [6.45, 7) is 1.82. The summed E-state index contributed by atoms with van der Waals surface area (Å²) in [4.78, 5) is 22.2. The minimum atomic E-state index is -7.30. The summed E-state index contributed by atoms with van der Waals surface area (Å²) in [5.74, 6) is -32.3. The van der Waals surface area contributed by atoms with E-state index in [4.69, 9.17) is 0 Å². The van der Waals surface area contributed by atoms with E-state index in [9.17, 15) is 53.5 Å². The van der Waals surface area contributed by atoms with Crippen LogP contribution in [0.5, 0.6) is 0 Å². The predicted octanol–water partition coefficient (Wildman–Crippen LogP) is 3.93. The van der Waals surface area contributed by atoms with Crippen molar-refractivity contribution in [2.24, 2.45) is 5.41 Å². The van der Waals surface area contributed by atoms with Crippen LogP contribution in [0.25, 0.3) is 0 Å². The Kier molecular flexibility index (Phi) is 7.20. The van der Waals surface area contributed by atoms with Crippen LogP contribution >= 0.6 is 0 Å². The molecule has 0 saturated heterocycles. The standard InChI is InChI=1S/C13H14F10O4/c1-9(2,3)7(24)26-4-5-27-8(25)11(18,19)13(22,23)12(20,21)10(16,17)6(14)15/h6H,4-5H2,1-3H3. The highest BCUT2D eigenvalue weighted by Gasteiger charge is 2.85. The van der Waals surface area contributed by atoms with Gasteiger partial charge in [0.1, 0.15) is 13.2 Å². The van der Waals surface area contributed by atoms with Gasteiger partial charge in [-0.25, -0.2) is 13.6 Å². The Labute approximate surface area is 145 Å². The lowest BCUT2D eigenvalue weighted by atomic mass is 9.97. The van der Waals surface area contributed by atoms with E-state index < -0.39 is 60.7 Å². The molecule has 0 heterocycles. The van der Waals surface area contributed by atoms with Crippen LogP contribution < -0.4 is 0 Å². The predicted molar refractivity (Wildman–Crippen MR) is 67.2 cm³/mol. The van der Waals surface area contributed by atoms with Gasteiger partial charge >= 0.3 is 42.1 Å². The maximum absolute atomic E-state index is 13.3. The van der Waals surface area contributed by atoms with Crippen LogP contribution in [0.15, 0.2) is 0 Å². The third-order valence-corrected chi connectivity index (χ3v) is 2.90. The van der Waals surface area contributed by atoms with Crippen molar-refractivity contribution in [3.63, 3.8) is 0 Å². The molecule has 0 aliphatic heterocycles. The Morgan fingerprint density at radius 1 is 0.741 bits per heavy atom. The number of carbonyl (C=O) groups excluding carboxylic acids is 2. The molecule has 0 aromatic carbocycles. The molecule has 0 spiro atoms. The number of halogens is 10. The van der Waals surface area contributed by atoms with Crippen LogP contribution in [-0.4, -0.2) is 55.3 Å². The van der Waals surface area contributed by atoms with Crippen molar-refractivity contribution < 1.29 is 63.0 Å². The Hall–Kier alpha value is -1.76. The zero-order valence-electron chi connectivity index (χ0n) is 13.9. The van der Waals surface area contributed by atoms with Crippen LogP contribution in [0.1, 0.15) is 20.8 Å². The Bertz CT molecular complexity index is 554. The molecule has 0 rings (SSSR count). The summed E-state index contributed by atoms with van der Waals surface area (Å²) in [5.41, 5.74) is -1.08. The fourth-order valence-corrected chi connectivity index (χ4v) is 1.25. The smallest absolute Gasteiger partial charge is 0.410 e. The fraction of sp³-hybridized carbons (Fsp3) is 0.846. The normalized spacial score (nSPS) is 14.3. The number of ether oxygens (including phenoxy) is 2. The average Bonchev–Trinajstić information content (AvgIpc) is 2.48. The van der Waals surface area contributed by atoms with E-state index >= 15 is 0 Å². The monoisotopic (exact) mass is 424 g/mol. The second kappa shape index (κ2) is 7.70. The summed E-state index contributed by atoms with van der Waals surface area (Å²) in [6.07, 6.45) is -5.43. The molecule has 0 aromatic heterocycles. The van der Waals surface area contributed by atoms with Crippen LogP contribution in [0, 0.1) is 5.41 Å². The van der Waals surface area contributed by atoms with E-state index in [0.717, 1.165) is 0 Å². The van der Waals surface area contributed by atoms with E-state index in [1.54, 1.807) is 0 Å². The molecule has 0 fully saturated rings. The maximum atomic E-state index is 13.3. The van der Waals surface area contributed by atoms with Gasteiger partial charge in [0.2, 0.25) is 0 Å². The van der Waals surface area contributed by atoms with Gasteiger partial charge in [0.15, 0.2) is 0 Å². The lowest BCUT2D eigenvalue weighted by molar-refractivity contribution is -0.378. The van der Waals surface area contributed by atoms with E-state index in [2.05, 4.69) is 9.47 Å². The van der Waals surface area contributed by atoms with Crippen molar-refractivity contribution in [1.82, 2.24) is 0 Å². The molecule has 0 atom stereocenters. The van der Waals surface area contributed by atoms with Crippen LogP contribution in [0.3, 0.4) is 0 Å². The Morgan fingerprint density at radius 3 is 1.44 bits per heavy atom. The number of alkyl halides is 10. The first kappa shape index (κ1) is 25.2. The van der Waals surface area contributed by atoms with Crippen molar-refractivity contribution in [3.8, 4) is 0 Å². The molecule has 0 N–H and O–H groups in total. The van der Waals surface area contributed by atoms with E-state index in [-0.39, 0.29) is 0 Å². The molecular weight excluding hydrogens is 410 g/mol. The molecule has 4 nitrogen and oxygen atoms in total. The zero-order valence-corrected chi connectivity index (χ0v) is 13.9. The molecule has 27 heavy (non-hydrogen) atoms. The number of hydrogen-bond acceptors (Lipinski definition) is 4. The third-order valence-electron chi connectivity index (χ3n) is 2.90. The molecular formula is C13H14F10O4. The topological polar surface area (TPSA) is 52.6 Å². The number of esters is 2. The van der Waals surface area contributed by atoms with Gasteiger partial charge in [-0.1, -0.05) is 0 Å². The SMILES string of the molecule is CC(C)(C)C(=O)OCCOC(=O)C(F)(F)C(F)(F)C(F)(F)C(F)(F)C(F)F. The number of hydrogen-bond donors (Lipinski definition) is 0. The molecule has 160 valence electrons. The first-order valence-electron chi connectivity index (χ1n) is 6.88. The number of carbonyl (C=O) groups is 2. The van der Waals surface area contributed by atoms with E-state index in [0.29, 0.717) is 0 Å². The second-order valence-corrected chi connectivity index (χ2v) is 6.17. The van der Waals surface area contributed by atoms with Crippen molar-refractivity contribution in [2.45, 2.75) is 50.9 Å². The Morgan fingerprint density at radius 2 is 1.11 bits per heavy atom. The zero-order chi connectivity index (χ0) is 22.1. The fourth-order valence-electron chi connectivity index (χ4n) is 1.25. The van der Waals surface area contributed by atoms with Gasteiger partial charge in [-0.2, -0.15) is 35.1 Å². The van der Waals surface area contributed by atoms with Gasteiger partial charge in [-0.15, -0.1) is 0 Å². The summed E-state index contributed by atoms with van der Waals surface area (Å²) < 4.78 is 136. The lowest BCUT2D eigenvalue weighted by Crippen LogP contribution is -2.66. The van der Waals surface area contributed by atoms with Crippen molar-refractivity contribution in [2.75, 3.05) is 13.2 Å². The van der Waals surface area contributed by atoms with E-state index in [1.807, 2.05) is 0 Å². The van der Waals surface area contributed by atoms with E-state index in [1.165, 1.54) is 20.8 Å². The largest absolute Gasteiger partial charge is 0.462 e. The molecule has 0 aromatic rings. The van der Waals surface area contributed by atoms with Crippen LogP contribution in [-0.2, 0) is 19.1 Å². The molecule has 0 saturated carbocycles. The lowest BCUT2D eigenvalue weighted by Gasteiger charge is -2.35. The molecule has 0 aliphatic rings. The maximum Gasteiger partial charge on any atom is 0.410 e. The molecule has 0 bridgehead atoms. The molecule has 0 amide bonds. The summed E-state index contributed by atoms with van der Waals surface area (Å²) in [5, 5.41) is 0. The van der Waals surface area contributed by atoms with Crippen molar-refractivity contribution in [1.29, 1.82) is 0 Å². The number of rotatable bonds is 8. The van der Waals surface area contributed by atoms with Gasteiger partial charge in [0.25, 0.3) is 0 Å². The summed E-state index contributed by atoms with van der Waals surface area (Å²) >= 11 is 0. The average molecular weight is 424 g/mol. The first-order chi connectivity index (χ1) is 11.7. The Balaban J connectivity index is 5.21. The third kappa shape index (κ3) is 4.75.